The summed E-state index contributed by atoms with van der Waals surface area (Å²) in [7, 11) is 0. The number of carbonyl (C=O) groups is 2. The number of carbonyl (C=O) groups excluding carboxylic acids is 2. The molecular weight excluding hydrogens is 442 g/mol. The Morgan fingerprint density at radius 3 is 1.28 bits per heavy atom. The Hall–Kier alpha value is -3.12. The molecular formula is C20H20F6N4O2. The topological polar surface area (TPSA) is 110 Å². The molecule has 0 heterocycles. The van der Waals surface area contributed by atoms with Crippen LogP contribution in [0.1, 0.15) is 24.0 Å². The summed E-state index contributed by atoms with van der Waals surface area (Å²) in [5, 5.41) is 0. The Bertz CT molecular complexity index is 925. The Labute approximate surface area is 178 Å². The third-order valence-corrected chi connectivity index (χ3v) is 4.38. The summed E-state index contributed by atoms with van der Waals surface area (Å²) in [5.41, 5.74) is 15.1. The molecule has 0 saturated heterocycles. The van der Waals surface area contributed by atoms with Crippen molar-refractivity contribution in [3.05, 3.63) is 70.3 Å². The molecule has 6 nitrogen and oxygen atoms in total. The van der Waals surface area contributed by atoms with Crippen molar-refractivity contribution in [2.24, 2.45) is 11.5 Å². The van der Waals surface area contributed by atoms with E-state index in [1.54, 1.807) is 0 Å². The first-order chi connectivity index (χ1) is 15.0. The van der Waals surface area contributed by atoms with Crippen molar-refractivity contribution >= 4 is 11.8 Å². The number of rotatable bonds is 8. The average molecular weight is 462 g/mol. The molecule has 0 spiro atoms. The second-order valence-corrected chi connectivity index (χ2v) is 7.15. The van der Waals surface area contributed by atoms with Crippen LogP contribution in [0.3, 0.4) is 0 Å². The molecule has 0 bridgehead atoms. The van der Waals surface area contributed by atoms with Gasteiger partial charge in [-0.1, -0.05) is 0 Å². The molecule has 2 aromatic rings. The molecule has 0 saturated carbocycles. The van der Waals surface area contributed by atoms with E-state index in [0.29, 0.717) is 24.3 Å². The fourth-order valence-electron chi connectivity index (χ4n) is 2.87. The van der Waals surface area contributed by atoms with Gasteiger partial charge in [-0.25, -0.2) is 26.3 Å². The van der Waals surface area contributed by atoms with E-state index in [2.05, 4.69) is 0 Å². The molecule has 0 aliphatic rings. The Balaban J connectivity index is 1.78. The summed E-state index contributed by atoms with van der Waals surface area (Å²) >= 11 is 0. The Morgan fingerprint density at radius 2 is 0.938 bits per heavy atom. The van der Waals surface area contributed by atoms with E-state index in [4.69, 9.17) is 11.5 Å². The van der Waals surface area contributed by atoms with Crippen molar-refractivity contribution in [2.75, 3.05) is 0 Å². The van der Waals surface area contributed by atoms with E-state index < -0.39 is 58.8 Å². The second-order valence-electron chi connectivity index (χ2n) is 7.15. The minimum atomic E-state index is -1.36. The summed E-state index contributed by atoms with van der Waals surface area (Å²) in [6.07, 6.45) is -1.31. The molecule has 12 heteroatoms. The summed E-state index contributed by atoms with van der Waals surface area (Å²) in [6.45, 7) is 0. The van der Waals surface area contributed by atoms with E-state index in [-0.39, 0.29) is 36.8 Å². The van der Waals surface area contributed by atoms with Crippen LogP contribution in [0.2, 0.25) is 0 Å². The lowest BCUT2D eigenvalue weighted by Crippen LogP contribution is -2.45. The van der Waals surface area contributed by atoms with E-state index in [0.717, 1.165) is 0 Å². The van der Waals surface area contributed by atoms with Crippen molar-refractivity contribution in [1.82, 2.24) is 10.9 Å². The highest BCUT2D eigenvalue weighted by molar-refractivity contribution is 5.82. The van der Waals surface area contributed by atoms with Gasteiger partial charge in [-0.2, -0.15) is 0 Å². The first-order valence-corrected chi connectivity index (χ1v) is 9.32. The predicted octanol–water partition coefficient (Wildman–Crippen LogP) is 1.89. The lowest BCUT2D eigenvalue weighted by atomic mass is 10.0. The number of hydrogen-bond acceptors (Lipinski definition) is 4. The third-order valence-electron chi connectivity index (χ3n) is 4.38. The molecule has 2 rings (SSSR count). The molecule has 174 valence electrons. The minimum Gasteiger partial charge on any atom is -0.327 e. The largest absolute Gasteiger partial charge is 0.327 e. The van der Waals surface area contributed by atoms with Gasteiger partial charge in [0.05, 0.1) is 0 Å². The molecule has 0 aliphatic carbocycles. The molecule has 0 aromatic heterocycles. The van der Waals surface area contributed by atoms with E-state index in [1.807, 2.05) is 10.9 Å². The van der Waals surface area contributed by atoms with Gasteiger partial charge in [0.2, 0.25) is 11.8 Å². The van der Waals surface area contributed by atoms with Crippen LogP contribution in [-0.4, -0.2) is 23.9 Å². The molecule has 0 radical (unpaired) electrons. The van der Waals surface area contributed by atoms with Gasteiger partial charge in [-0.15, -0.1) is 0 Å². The highest BCUT2D eigenvalue weighted by Crippen LogP contribution is 2.17. The second kappa shape index (κ2) is 11.0. The Kier molecular flexibility index (Phi) is 8.61. The Morgan fingerprint density at radius 1 is 0.625 bits per heavy atom. The van der Waals surface area contributed by atoms with Gasteiger partial charge in [-0.05, 0) is 36.1 Å². The molecule has 2 aromatic carbocycles. The molecule has 6 N–H and O–H groups in total. The van der Waals surface area contributed by atoms with Gasteiger partial charge in [0.1, 0.15) is 11.6 Å². The molecule has 0 aliphatic heterocycles. The monoisotopic (exact) mass is 462 g/mol. The molecule has 0 unspecified atom stereocenters. The number of hydrogen-bond donors (Lipinski definition) is 4. The normalized spacial score (nSPS) is 12.9. The lowest BCUT2D eigenvalue weighted by Gasteiger charge is -2.15. The minimum absolute atomic E-state index is 0.219. The van der Waals surface area contributed by atoms with Crippen LogP contribution in [0.4, 0.5) is 26.3 Å². The standard InChI is InChI=1S/C20H20F6N4O2/c21-13-7-17(25)15(23)3-9(13)1-11(27)5-19(31)29-30-20(32)6-12(28)2-10-4-16(24)18(26)8-14(10)22/h3-4,7-8,11-12H,1-2,5-6,27-28H2,(H,29,31)(H,30,32)/t11-,12-/m1/s1. The number of amides is 2. The number of hydrazine groups is 1. The van der Waals surface area contributed by atoms with Crippen LogP contribution in [0.15, 0.2) is 24.3 Å². The molecule has 2 amide bonds. The first-order valence-electron chi connectivity index (χ1n) is 9.32. The number of halogens is 6. The average Bonchev–Trinajstić information content (AvgIpc) is 2.68. The van der Waals surface area contributed by atoms with Gasteiger partial charge in [0.25, 0.3) is 0 Å². The number of nitrogens with one attached hydrogen (secondary N) is 2. The van der Waals surface area contributed by atoms with E-state index in [9.17, 15) is 35.9 Å². The third kappa shape index (κ3) is 7.24. The number of benzene rings is 2. The predicted molar refractivity (Wildman–Crippen MR) is 102 cm³/mol. The maximum Gasteiger partial charge on any atom is 0.239 e. The summed E-state index contributed by atoms with van der Waals surface area (Å²) in [6, 6.07) is 0.0815. The van der Waals surface area contributed by atoms with E-state index in [1.165, 1.54) is 0 Å². The smallest absolute Gasteiger partial charge is 0.239 e. The molecule has 32 heavy (non-hydrogen) atoms. The van der Waals surface area contributed by atoms with E-state index >= 15 is 0 Å². The van der Waals surface area contributed by atoms with Crippen LogP contribution < -0.4 is 22.3 Å². The zero-order valence-electron chi connectivity index (χ0n) is 16.5. The van der Waals surface area contributed by atoms with Gasteiger partial charge in [-0.3, -0.25) is 20.4 Å². The van der Waals surface area contributed by atoms with Gasteiger partial charge < -0.3 is 11.5 Å². The summed E-state index contributed by atoms with van der Waals surface area (Å²) < 4.78 is 79.6. The maximum absolute atomic E-state index is 13.6. The van der Waals surface area contributed by atoms with Crippen LogP contribution in [0.5, 0.6) is 0 Å². The molecule has 2 atom stereocenters. The highest BCUT2D eigenvalue weighted by atomic mass is 19.2. The fourth-order valence-corrected chi connectivity index (χ4v) is 2.87. The molecule has 0 fully saturated rings. The quantitative estimate of drug-likeness (QED) is 0.273. The summed E-state index contributed by atoms with van der Waals surface area (Å²) in [4.78, 5) is 23.7. The van der Waals surface area contributed by atoms with Crippen LogP contribution in [-0.2, 0) is 22.4 Å². The van der Waals surface area contributed by atoms with Crippen molar-refractivity contribution in [3.63, 3.8) is 0 Å². The zero-order valence-corrected chi connectivity index (χ0v) is 16.5. The zero-order chi connectivity index (χ0) is 24.0. The fraction of sp³-hybridized carbons (Fsp3) is 0.300. The van der Waals surface area contributed by atoms with Gasteiger partial charge in [0.15, 0.2) is 23.3 Å². The van der Waals surface area contributed by atoms with Gasteiger partial charge in [0, 0.05) is 37.1 Å². The van der Waals surface area contributed by atoms with Crippen LogP contribution in [0.25, 0.3) is 0 Å². The lowest BCUT2D eigenvalue weighted by molar-refractivity contribution is -0.129. The van der Waals surface area contributed by atoms with Gasteiger partial charge >= 0.3 is 0 Å². The first kappa shape index (κ1) is 25.1. The van der Waals surface area contributed by atoms with Crippen molar-refractivity contribution in [2.45, 2.75) is 37.8 Å². The van der Waals surface area contributed by atoms with Crippen LogP contribution in [0, 0.1) is 34.9 Å². The summed E-state index contributed by atoms with van der Waals surface area (Å²) in [5.74, 6) is -8.77. The highest BCUT2D eigenvalue weighted by Gasteiger charge is 2.18. The van der Waals surface area contributed by atoms with Crippen molar-refractivity contribution < 1.29 is 35.9 Å². The SMILES string of the molecule is N[C@@H](CC(=O)NNC(=O)C[C@H](N)Cc1cc(F)c(F)cc1F)Cc1cc(F)c(F)cc1F. The maximum atomic E-state index is 13.6. The van der Waals surface area contributed by atoms with Crippen molar-refractivity contribution in [1.29, 1.82) is 0 Å². The number of nitrogens with two attached hydrogens (primary N) is 2. The van der Waals surface area contributed by atoms with Crippen molar-refractivity contribution in [3.8, 4) is 0 Å². The van der Waals surface area contributed by atoms with Crippen LogP contribution >= 0.6 is 0 Å².